The molecule has 1 amide bonds. The first-order chi connectivity index (χ1) is 13.0. The number of benzene rings is 2. The highest BCUT2D eigenvalue weighted by molar-refractivity contribution is 6.36. The number of ether oxygens (including phenoxy) is 1. The van der Waals surface area contributed by atoms with E-state index in [1.54, 1.807) is 25.5 Å². The van der Waals surface area contributed by atoms with Crippen LogP contribution in [0.3, 0.4) is 0 Å². The van der Waals surface area contributed by atoms with E-state index in [4.69, 9.17) is 27.9 Å². The average molecular weight is 402 g/mol. The monoisotopic (exact) mass is 401 g/mol. The summed E-state index contributed by atoms with van der Waals surface area (Å²) in [5.41, 5.74) is 5.61. The van der Waals surface area contributed by atoms with Crippen LogP contribution in [0.25, 0.3) is 5.69 Å². The Morgan fingerprint density at radius 3 is 2.52 bits per heavy atom. The number of halogens is 2. The lowest BCUT2D eigenvalue weighted by molar-refractivity contribution is 0.0955. The van der Waals surface area contributed by atoms with Crippen molar-refractivity contribution in [1.82, 2.24) is 9.99 Å². The van der Waals surface area contributed by atoms with Crippen LogP contribution in [-0.4, -0.2) is 23.8 Å². The van der Waals surface area contributed by atoms with Gasteiger partial charge >= 0.3 is 0 Å². The summed E-state index contributed by atoms with van der Waals surface area (Å²) in [7, 11) is 1.63. The van der Waals surface area contributed by atoms with Gasteiger partial charge in [0.15, 0.2) is 0 Å². The van der Waals surface area contributed by atoms with Gasteiger partial charge in [-0.15, -0.1) is 0 Å². The molecule has 0 radical (unpaired) electrons. The van der Waals surface area contributed by atoms with Crippen molar-refractivity contribution in [3.05, 3.63) is 81.6 Å². The molecule has 0 fully saturated rings. The molecule has 0 aliphatic heterocycles. The van der Waals surface area contributed by atoms with Crippen LogP contribution in [0.2, 0.25) is 10.0 Å². The molecule has 2 aromatic carbocycles. The van der Waals surface area contributed by atoms with Crippen molar-refractivity contribution in [2.24, 2.45) is 5.10 Å². The van der Waals surface area contributed by atoms with Gasteiger partial charge in [0.2, 0.25) is 0 Å². The molecular weight excluding hydrogens is 385 g/mol. The molecule has 1 heterocycles. The Balaban J connectivity index is 1.78. The lowest BCUT2D eigenvalue weighted by atomic mass is 10.2. The zero-order chi connectivity index (χ0) is 19.4. The normalized spacial score (nSPS) is 11.0. The second-order valence-electron chi connectivity index (χ2n) is 5.76. The second-order valence-corrected chi connectivity index (χ2v) is 6.60. The molecule has 0 aliphatic rings. The lowest BCUT2D eigenvalue weighted by Gasteiger charge is -2.10. The van der Waals surface area contributed by atoms with Gasteiger partial charge in [0.1, 0.15) is 5.75 Å². The number of carbonyl (C=O) groups is 1. The number of hydrogen-bond donors (Lipinski definition) is 1. The van der Waals surface area contributed by atoms with Crippen LogP contribution in [0.4, 0.5) is 0 Å². The van der Waals surface area contributed by atoms with Crippen LogP contribution in [0.1, 0.15) is 21.7 Å². The van der Waals surface area contributed by atoms with E-state index in [-0.39, 0.29) is 5.02 Å². The fraction of sp³-hybridized carbons (Fsp3) is 0.100. The molecule has 0 saturated heterocycles. The highest BCUT2D eigenvalue weighted by atomic mass is 35.5. The SMILES string of the molecule is COc1ccc(-n2c(C)ccc2/C=N/NC(=O)c2ccc(Cl)cc2Cl)cc1. The molecule has 5 nitrogen and oxygen atoms in total. The van der Waals surface area contributed by atoms with Crippen molar-refractivity contribution in [2.75, 3.05) is 7.11 Å². The minimum Gasteiger partial charge on any atom is -0.497 e. The summed E-state index contributed by atoms with van der Waals surface area (Å²) >= 11 is 11.9. The third-order valence-electron chi connectivity index (χ3n) is 3.98. The Kier molecular flexibility index (Phi) is 5.84. The smallest absolute Gasteiger partial charge is 0.272 e. The van der Waals surface area contributed by atoms with E-state index in [0.29, 0.717) is 10.6 Å². The fourth-order valence-corrected chi connectivity index (χ4v) is 3.13. The number of methoxy groups -OCH3 is 1. The zero-order valence-corrected chi connectivity index (χ0v) is 16.3. The molecule has 0 spiro atoms. The molecule has 1 aromatic heterocycles. The van der Waals surface area contributed by atoms with Gasteiger partial charge < -0.3 is 9.30 Å². The summed E-state index contributed by atoms with van der Waals surface area (Å²) in [6.45, 7) is 1.99. The van der Waals surface area contributed by atoms with Gasteiger partial charge in [0.25, 0.3) is 5.91 Å². The largest absolute Gasteiger partial charge is 0.497 e. The van der Waals surface area contributed by atoms with Crippen molar-refractivity contribution < 1.29 is 9.53 Å². The summed E-state index contributed by atoms with van der Waals surface area (Å²) in [4.78, 5) is 12.2. The molecule has 1 N–H and O–H groups in total. The van der Waals surface area contributed by atoms with Gasteiger partial charge in [0, 0.05) is 16.4 Å². The Morgan fingerprint density at radius 2 is 1.85 bits per heavy atom. The van der Waals surface area contributed by atoms with Crippen LogP contribution in [0.5, 0.6) is 5.75 Å². The number of carbonyl (C=O) groups excluding carboxylic acids is 1. The van der Waals surface area contributed by atoms with Crippen molar-refractivity contribution in [3.8, 4) is 11.4 Å². The highest BCUT2D eigenvalue weighted by Crippen LogP contribution is 2.21. The highest BCUT2D eigenvalue weighted by Gasteiger charge is 2.10. The second kappa shape index (κ2) is 8.29. The topological polar surface area (TPSA) is 55.6 Å². The maximum atomic E-state index is 12.2. The lowest BCUT2D eigenvalue weighted by Crippen LogP contribution is -2.18. The minimum atomic E-state index is -0.410. The molecule has 0 bridgehead atoms. The van der Waals surface area contributed by atoms with Gasteiger partial charge in [-0.3, -0.25) is 4.79 Å². The van der Waals surface area contributed by atoms with E-state index >= 15 is 0 Å². The first kappa shape index (κ1) is 19.0. The maximum Gasteiger partial charge on any atom is 0.272 e. The molecular formula is C20H17Cl2N3O2. The number of amides is 1. The van der Waals surface area contributed by atoms with Crippen LogP contribution in [0, 0.1) is 6.92 Å². The van der Waals surface area contributed by atoms with Gasteiger partial charge in [-0.25, -0.2) is 5.43 Å². The quantitative estimate of drug-likeness (QED) is 0.489. The molecule has 138 valence electrons. The Labute approximate surface area is 167 Å². The minimum absolute atomic E-state index is 0.271. The molecule has 0 unspecified atom stereocenters. The number of aromatic nitrogens is 1. The van der Waals surface area contributed by atoms with E-state index in [2.05, 4.69) is 10.5 Å². The van der Waals surface area contributed by atoms with Crippen molar-refractivity contribution >= 4 is 35.3 Å². The van der Waals surface area contributed by atoms with E-state index in [9.17, 15) is 4.79 Å². The summed E-state index contributed by atoms with van der Waals surface area (Å²) in [5, 5.41) is 4.79. The summed E-state index contributed by atoms with van der Waals surface area (Å²) < 4.78 is 7.21. The molecule has 27 heavy (non-hydrogen) atoms. The number of nitrogens with zero attached hydrogens (tertiary/aromatic N) is 2. The van der Waals surface area contributed by atoms with Gasteiger partial charge in [-0.1, -0.05) is 23.2 Å². The standard InChI is InChI=1S/C20H17Cl2N3O2/c1-13-3-5-16(25(13)15-6-8-17(27-2)9-7-15)12-23-24-20(26)18-10-4-14(21)11-19(18)22/h3-12H,1-2H3,(H,24,26)/b23-12+. The predicted molar refractivity (Wildman–Crippen MR) is 109 cm³/mol. The number of aryl methyl sites for hydroxylation is 1. The molecule has 0 saturated carbocycles. The van der Waals surface area contributed by atoms with Gasteiger partial charge in [0.05, 0.1) is 29.6 Å². The predicted octanol–water partition coefficient (Wildman–Crippen LogP) is 4.87. The molecule has 0 aliphatic carbocycles. The van der Waals surface area contributed by atoms with E-state index in [0.717, 1.165) is 22.8 Å². The number of hydrogen-bond acceptors (Lipinski definition) is 3. The molecule has 3 aromatic rings. The maximum absolute atomic E-state index is 12.2. The van der Waals surface area contributed by atoms with Crippen molar-refractivity contribution in [2.45, 2.75) is 6.92 Å². The number of hydrazone groups is 1. The van der Waals surface area contributed by atoms with Crippen LogP contribution < -0.4 is 10.2 Å². The van der Waals surface area contributed by atoms with E-state index in [1.807, 2.05) is 47.9 Å². The molecule has 7 heteroatoms. The average Bonchev–Trinajstić information content (AvgIpc) is 3.02. The van der Waals surface area contributed by atoms with Gasteiger partial charge in [-0.05, 0) is 61.5 Å². The van der Waals surface area contributed by atoms with Crippen LogP contribution in [0.15, 0.2) is 59.7 Å². The molecule has 3 rings (SSSR count). The Morgan fingerprint density at radius 1 is 1.11 bits per heavy atom. The Bertz CT molecular complexity index is 995. The third-order valence-corrected chi connectivity index (χ3v) is 4.52. The van der Waals surface area contributed by atoms with Crippen LogP contribution in [-0.2, 0) is 0 Å². The first-order valence-corrected chi connectivity index (χ1v) is 8.86. The zero-order valence-electron chi connectivity index (χ0n) is 14.7. The van der Waals surface area contributed by atoms with Crippen molar-refractivity contribution in [3.63, 3.8) is 0 Å². The van der Waals surface area contributed by atoms with Gasteiger partial charge in [-0.2, -0.15) is 5.10 Å². The third kappa shape index (κ3) is 4.32. The van der Waals surface area contributed by atoms with E-state index < -0.39 is 5.91 Å². The summed E-state index contributed by atoms with van der Waals surface area (Å²) in [6, 6.07) is 16.3. The molecule has 0 atom stereocenters. The number of nitrogens with one attached hydrogen (secondary N) is 1. The van der Waals surface area contributed by atoms with E-state index in [1.165, 1.54) is 6.07 Å². The van der Waals surface area contributed by atoms with Crippen molar-refractivity contribution in [1.29, 1.82) is 0 Å². The first-order valence-electron chi connectivity index (χ1n) is 8.11. The van der Waals surface area contributed by atoms with Crippen LogP contribution >= 0.6 is 23.2 Å². The fourth-order valence-electron chi connectivity index (χ4n) is 2.63. The Hall–Kier alpha value is -2.76. The summed E-state index contributed by atoms with van der Waals surface area (Å²) in [6.07, 6.45) is 1.58. The number of rotatable bonds is 5. The summed E-state index contributed by atoms with van der Waals surface area (Å²) in [5.74, 6) is 0.373.